The molecular formula is C11H14N2O. The van der Waals surface area contributed by atoms with E-state index in [0.717, 1.165) is 18.8 Å². The number of hydrogen-bond donors (Lipinski definition) is 0. The molecular weight excluding hydrogens is 176 g/mol. The molecule has 2 heterocycles. The summed E-state index contributed by atoms with van der Waals surface area (Å²) in [5.74, 6) is 0.0334. The van der Waals surface area contributed by atoms with E-state index >= 15 is 0 Å². The molecule has 0 bridgehead atoms. The average molecular weight is 190 g/mol. The van der Waals surface area contributed by atoms with Crippen molar-refractivity contribution >= 4 is 11.5 Å². The van der Waals surface area contributed by atoms with Gasteiger partial charge in [-0.3, -0.25) is 9.78 Å². The fourth-order valence-electron chi connectivity index (χ4n) is 1.78. The Morgan fingerprint density at radius 2 is 2.14 bits per heavy atom. The fourth-order valence-corrected chi connectivity index (χ4v) is 1.78. The number of rotatable bonds is 2. The summed E-state index contributed by atoms with van der Waals surface area (Å²) < 4.78 is 0. The SMILES string of the molecule is CC(=O)c1cc(N2CCCC2)ccn1. The smallest absolute Gasteiger partial charge is 0.178 e. The van der Waals surface area contributed by atoms with Crippen LogP contribution in [0.3, 0.4) is 0 Å². The molecule has 0 unspecified atom stereocenters. The van der Waals surface area contributed by atoms with Gasteiger partial charge in [0, 0.05) is 31.9 Å². The van der Waals surface area contributed by atoms with E-state index < -0.39 is 0 Å². The number of anilines is 1. The molecule has 1 aromatic heterocycles. The Hall–Kier alpha value is -1.38. The zero-order valence-electron chi connectivity index (χ0n) is 8.36. The first-order chi connectivity index (χ1) is 6.77. The van der Waals surface area contributed by atoms with Gasteiger partial charge in [0.1, 0.15) is 5.69 Å². The second-order valence-electron chi connectivity index (χ2n) is 3.65. The lowest BCUT2D eigenvalue weighted by atomic mass is 10.2. The molecule has 0 spiro atoms. The first kappa shape index (κ1) is 9.19. The van der Waals surface area contributed by atoms with Gasteiger partial charge in [-0.2, -0.15) is 0 Å². The van der Waals surface area contributed by atoms with Crippen LogP contribution in [0.4, 0.5) is 5.69 Å². The molecule has 1 aromatic rings. The highest BCUT2D eigenvalue weighted by molar-refractivity contribution is 5.92. The molecule has 14 heavy (non-hydrogen) atoms. The van der Waals surface area contributed by atoms with E-state index in [0.29, 0.717) is 5.69 Å². The highest BCUT2D eigenvalue weighted by Gasteiger charge is 2.13. The maximum absolute atomic E-state index is 11.1. The predicted molar refractivity (Wildman–Crippen MR) is 55.7 cm³/mol. The number of ketones is 1. The van der Waals surface area contributed by atoms with Crippen LogP contribution < -0.4 is 4.90 Å². The lowest BCUT2D eigenvalue weighted by molar-refractivity contribution is 0.101. The number of nitrogens with zero attached hydrogens (tertiary/aromatic N) is 2. The van der Waals surface area contributed by atoms with E-state index in [-0.39, 0.29) is 5.78 Å². The molecule has 0 amide bonds. The van der Waals surface area contributed by atoms with Crippen molar-refractivity contribution in [3.8, 4) is 0 Å². The van der Waals surface area contributed by atoms with E-state index in [1.165, 1.54) is 12.8 Å². The summed E-state index contributed by atoms with van der Waals surface area (Å²) in [5.41, 5.74) is 1.69. The Balaban J connectivity index is 2.25. The molecule has 3 nitrogen and oxygen atoms in total. The normalized spacial score (nSPS) is 15.9. The Labute approximate surface area is 83.8 Å². The minimum absolute atomic E-state index is 0.0334. The molecule has 74 valence electrons. The van der Waals surface area contributed by atoms with E-state index in [1.54, 1.807) is 13.1 Å². The van der Waals surface area contributed by atoms with Crippen molar-refractivity contribution < 1.29 is 4.79 Å². The predicted octanol–water partition coefficient (Wildman–Crippen LogP) is 1.88. The lowest BCUT2D eigenvalue weighted by Crippen LogP contribution is -2.18. The van der Waals surface area contributed by atoms with Gasteiger partial charge in [0.2, 0.25) is 0 Å². The van der Waals surface area contributed by atoms with Gasteiger partial charge in [-0.25, -0.2) is 0 Å². The molecule has 0 N–H and O–H groups in total. The van der Waals surface area contributed by atoms with Crippen molar-refractivity contribution in [2.24, 2.45) is 0 Å². The van der Waals surface area contributed by atoms with Crippen LogP contribution in [0, 0.1) is 0 Å². The molecule has 0 aromatic carbocycles. The lowest BCUT2D eigenvalue weighted by Gasteiger charge is -2.17. The molecule has 0 atom stereocenters. The highest BCUT2D eigenvalue weighted by Crippen LogP contribution is 2.19. The molecule has 1 aliphatic rings. The quantitative estimate of drug-likeness (QED) is 0.668. The van der Waals surface area contributed by atoms with Gasteiger partial charge in [-0.05, 0) is 25.0 Å². The third-order valence-corrected chi connectivity index (χ3v) is 2.58. The Kier molecular flexibility index (Phi) is 2.48. The number of aromatic nitrogens is 1. The second kappa shape index (κ2) is 3.78. The van der Waals surface area contributed by atoms with Crippen molar-refractivity contribution in [2.75, 3.05) is 18.0 Å². The number of pyridine rings is 1. The van der Waals surface area contributed by atoms with Crippen LogP contribution in [0.15, 0.2) is 18.3 Å². The van der Waals surface area contributed by atoms with Crippen molar-refractivity contribution in [1.29, 1.82) is 0 Å². The summed E-state index contributed by atoms with van der Waals surface area (Å²) in [6.07, 6.45) is 4.21. The highest BCUT2D eigenvalue weighted by atomic mass is 16.1. The van der Waals surface area contributed by atoms with Gasteiger partial charge in [0.05, 0.1) is 0 Å². The van der Waals surface area contributed by atoms with Crippen molar-refractivity contribution in [2.45, 2.75) is 19.8 Å². The number of Topliss-reactive ketones (excluding diaryl/α,β-unsaturated/α-hetero) is 1. The van der Waals surface area contributed by atoms with Gasteiger partial charge >= 0.3 is 0 Å². The summed E-state index contributed by atoms with van der Waals surface area (Å²) in [5, 5.41) is 0. The standard InChI is InChI=1S/C11H14N2O/c1-9(14)11-8-10(4-5-12-11)13-6-2-3-7-13/h4-5,8H,2-3,6-7H2,1H3. The van der Waals surface area contributed by atoms with Crippen LogP contribution in [0.2, 0.25) is 0 Å². The van der Waals surface area contributed by atoms with Crippen LogP contribution in [-0.2, 0) is 0 Å². The molecule has 1 fully saturated rings. The number of carbonyl (C=O) groups excluding carboxylic acids is 1. The first-order valence-corrected chi connectivity index (χ1v) is 4.99. The Morgan fingerprint density at radius 3 is 2.79 bits per heavy atom. The molecule has 0 aliphatic carbocycles. The maximum Gasteiger partial charge on any atom is 0.178 e. The minimum atomic E-state index is 0.0334. The summed E-state index contributed by atoms with van der Waals surface area (Å²) in [7, 11) is 0. The topological polar surface area (TPSA) is 33.2 Å². The van der Waals surface area contributed by atoms with Gasteiger partial charge in [0.25, 0.3) is 0 Å². The largest absolute Gasteiger partial charge is 0.371 e. The minimum Gasteiger partial charge on any atom is -0.371 e. The van der Waals surface area contributed by atoms with Gasteiger partial charge in [0.15, 0.2) is 5.78 Å². The summed E-state index contributed by atoms with van der Waals surface area (Å²) in [6.45, 7) is 3.75. The van der Waals surface area contributed by atoms with Crippen LogP contribution in [0.25, 0.3) is 0 Å². The van der Waals surface area contributed by atoms with Crippen molar-refractivity contribution in [3.05, 3.63) is 24.0 Å². The van der Waals surface area contributed by atoms with Crippen LogP contribution in [0.1, 0.15) is 30.3 Å². The molecule has 3 heteroatoms. The fraction of sp³-hybridized carbons (Fsp3) is 0.455. The summed E-state index contributed by atoms with van der Waals surface area (Å²) in [4.78, 5) is 17.5. The molecule has 0 radical (unpaired) electrons. The zero-order valence-corrected chi connectivity index (χ0v) is 8.36. The van der Waals surface area contributed by atoms with Gasteiger partial charge in [-0.1, -0.05) is 0 Å². The zero-order chi connectivity index (χ0) is 9.97. The van der Waals surface area contributed by atoms with Crippen LogP contribution in [-0.4, -0.2) is 23.9 Å². The van der Waals surface area contributed by atoms with Crippen LogP contribution >= 0.6 is 0 Å². The van der Waals surface area contributed by atoms with Gasteiger partial charge in [-0.15, -0.1) is 0 Å². The third-order valence-electron chi connectivity index (χ3n) is 2.58. The maximum atomic E-state index is 11.1. The molecule has 2 rings (SSSR count). The van der Waals surface area contributed by atoms with Crippen molar-refractivity contribution in [1.82, 2.24) is 4.98 Å². The van der Waals surface area contributed by atoms with Crippen molar-refractivity contribution in [3.63, 3.8) is 0 Å². The second-order valence-corrected chi connectivity index (χ2v) is 3.65. The monoisotopic (exact) mass is 190 g/mol. The van der Waals surface area contributed by atoms with E-state index in [4.69, 9.17) is 0 Å². The third kappa shape index (κ3) is 1.76. The van der Waals surface area contributed by atoms with E-state index in [2.05, 4.69) is 9.88 Å². The van der Waals surface area contributed by atoms with Crippen LogP contribution in [0.5, 0.6) is 0 Å². The average Bonchev–Trinajstić information content (AvgIpc) is 2.71. The Bertz CT molecular complexity index is 343. The number of hydrogen-bond acceptors (Lipinski definition) is 3. The van der Waals surface area contributed by atoms with Gasteiger partial charge < -0.3 is 4.90 Å². The number of carbonyl (C=O) groups is 1. The summed E-state index contributed by atoms with van der Waals surface area (Å²) in [6, 6.07) is 3.85. The van der Waals surface area contributed by atoms with E-state index in [9.17, 15) is 4.79 Å². The molecule has 0 saturated carbocycles. The summed E-state index contributed by atoms with van der Waals surface area (Å²) >= 11 is 0. The first-order valence-electron chi connectivity index (χ1n) is 4.99. The Morgan fingerprint density at radius 1 is 1.43 bits per heavy atom. The molecule has 1 aliphatic heterocycles. The molecule has 1 saturated heterocycles. The van der Waals surface area contributed by atoms with E-state index in [1.807, 2.05) is 12.1 Å².